The average Bonchev–Trinajstić information content (AvgIpc) is 2.39. The lowest BCUT2D eigenvalue weighted by Gasteiger charge is -2.10. The minimum atomic E-state index is 0.109. The van der Waals surface area contributed by atoms with Crippen molar-refractivity contribution in [2.45, 2.75) is 0 Å². The lowest BCUT2D eigenvalue weighted by Crippen LogP contribution is -2.14. The molecule has 0 saturated heterocycles. The van der Waals surface area contributed by atoms with Crippen LogP contribution in [0.25, 0.3) is 0 Å². The Morgan fingerprint density at radius 2 is 1.79 bits per heavy atom. The first-order chi connectivity index (χ1) is 9.22. The maximum absolute atomic E-state index is 9.03. The van der Waals surface area contributed by atoms with E-state index in [9.17, 15) is 0 Å². The Balaban J connectivity index is 2.82. The van der Waals surface area contributed by atoms with Gasteiger partial charge >= 0.3 is 0 Å². The molecule has 0 fully saturated rings. The van der Waals surface area contributed by atoms with Crippen LogP contribution in [0.3, 0.4) is 0 Å². The van der Waals surface area contributed by atoms with E-state index in [0.29, 0.717) is 38.1 Å². The summed E-state index contributed by atoms with van der Waals surface area (Å²) in [5.74, 6) is 0.737. The maximum Gasteiger partial charge on any atom is 0.226 e. The minimum absolute atomic E-state index is 0.109. The van der Waals surface area contributed by atoms with E-state index in [1.807, 2.05) is 6.07 Å². The van der Waals surface area contributed by atoms with Crippen LogP contribution < -0.4 is 10.6 Å². The number of hydrogen-bond acceptors (Lipinski definition) is 7. The molecular weight excluding hydrogens is 270 g/mol. The smallest absolute Gasteiger partial charge is 0.226 e. The molecule has 19 heavy (non-hydrogen) atoms. The first kappa shape index (κ1) is 15.4. The molecule has 1 aromatic heterocycles. The summed E-state index contributed by atoms with van der Waals surface area (Å²) in [5, 5.41) is 15.1. The topological polar surface area (TPSA) is 92.1 Å². The third kappa shape index (κ3) is 4.87. The van der Waals surface area contributed by atoms with Gasteiger partial charge in [-0.05, 0) is 0 Å². The molecular formula is C11H16ClN5O2. The molecule has 104 valence electrons. The monoisotopic (exact) mass is 285 g/mol. The summed E-state index contributed by atoms with van der Waals surface area (Å²) in [5.41, 5.74) is 0.218. The third-order valence-corrected chi connectivity index (χ3v) is 2.44. The van der Waals surface area contributed by atoms with Gasteiger partial charge in [0.15, 0.2) is 11.0 Å². The fourth-order valence-electron chi connectivity index (χ4n) is 1.28. The Kier molecular flexibility index (Phi) is 6.89. The van der Waals surface area contributed by atoms with E-state index in [2.05, 4.69) is 20.6 Å². The van der Waals surface area contributed by atoms with Crippen LogP contribution >= 0.6 is 11.6 Å². The second-order valence-corrected chi connectivity index (χ2v) is 3.87. The molecule has 0 spiro atoms. The standard InChI is InChI=1S/C11H16ClN5O2/c1-18-5-3-14-10-8(7-13)9(12)16-11(17-10)15-4-6-19-2/h3-6H2,1-2H3,(H2,14,15,16,17). The summed E-state index contributed by atoms with van der Waals surface area (Å²) in [4.78, 5) is 8.20. The predicted molar refractivity (Wildman–Crippen MR) is 72.5 cm³/mol. The Morgan fingerprint density at radius 3 is 2.37 bits per heavy atom. The Labute approximate surface area is 116 Å². The highest BCUT2D eigenvalue weighted by molar-refractivity contribution is 6.31. The fraction of sp³-hybridized carbons (Fsp3) is 0.545. The number of rotatable bonds is 8. The van der Waals surface area contributed by atoms with E-state index in [4.69, 9.17) is 26.3 Å². The zero-order chi connectivity index (χ0) is 14.1. The molecule has 1 aromatic rings. The number of anilines is 2. The van der Waals surface area contributed by atoms with Crippen LogP contribution in [0.1, 0.15) is 5.56 Å². The van der Waals surface area contributed by atoms with Gasteiger partial charge in [0.05, 0.1) is 13.2 Å². The second-order valence-electron chi connectivity index (χ2n) is 3.51. The predicted octanol–water partition coefficient (Wildman–Crippen LogP) is 1.12. The van der Waals surface area contributed by atoms with Crippen molar-refractivity contribution in [3.63, 3.8) is 0 Å². The second kappa shape index (κ2) is 8.48. The highest BCUT2D eigenvalue weighted by atomic mass is 35.5. The molecule has 0 unspecified atom stereocenters. The van der Waals surface area contributed by atoms with Crippen molar-refractivity contribution in [3.8, 4) is 6.07 Å². The number of ether oxygens (including phenoxy) is 2. The lowest BCUT2D eigenvalue weighted by atomic mass is 10.3. The molecule has 0 atom stereocenters. The summed E-state index contributed by atoms with van der Waals surface area (Å²) in [6, 6.07) is 1.97. The van der Waals surface area contributed by atoms with Crippen molar-refractivity contribution in [1.29, 1.82) is 5.26 Å². The average molecular weight is 286 g/mol. The van der Waals surface area contributed by atoms with Gasteiger partial charge in [-0.15, -0.1) is 0 Å². The van der Waals surface area contributed by atoms with Crippen molar-refractivity contribution in [1.82, 2.24) is 9.97 Å². The van der Waals surface area contributed by atoms with Crippen molar-refractivity contribution in [2.24, 2.45) is 0 Å². The van der Waals surface area contributed by atoms with E-state index in [0.717, 1.165) is 0 Å². The van der Waals surface area contributed by atoms with Crippen molar-refractivity contribution in [2.75, 3.05) is 51.2 Å². The van der Waals surface area contributed by atoms with Gasteiger partial charge in [0.2, 0.25) is 5.95 Å². The summed E-state index contributed by atoms with van der Waals surface area (Å²) in [7, 11) is 3.20. The van der Waals surface area contributed by atoms with E-state index < -0.39 is 0 Å². The maximum atomic E-state index is 9.03. The quantitative estimate of drug-likeness (QED) is 0.546. The molecule has 1 rings (SSSR count). The Morgan fingerprint density at radius 1 is 1.16 bits per heavy atom. The molecule has 0 radical (unpaired) electrons. The highest BCUT2D eigenvalue weighted by Gasteiger charge is 2.12. The van der Waals surface area contributed by atoms with Gasteiger partial charge < -0.3 is 20.1 Å². The van der Waals surface area contributed by atoms with Crippen LogP contribution in [-0.2, 0) is 9.47 Å². The Bertz CT molecular complexity index is 449. The number of halogens is 1. The lowest BCUT2D eigenvalue weighted by molar-refractivity contribution is 0.210. The number of nitrogens with zero attached hydrogens (tertiary/aromatic N) is 3. The van der Waals surface area contributed by atoms with Crippen molar-refractivity contribution < 1.29 is 9.47 Å². The van der Waals surface area contributed by atoms with Gasteiger partial charge in [-0.3, -0.25) is 0 Å². The zero-order valence-electron chi connectivity index (χ0n) is 10.9. The minimum Gasteiger partial charge on any atom is -0.383 e. The van der Waals surface area contributed by atoms with Crippen LogP contribution in [0.15, 0.2) is 0 Å². The van der Waals surface area contributed by atoms with Gasteiger partial charge in [0.1, 0.15) is 11.6 Å². The van der Waals surface area contributed by atoms with Crippen molar-refractivity contribution >= 4 is 23.4 Å². The number of methoxy groups -OCH3 is 2. The van der Waals surface area contributed by atoms with Crippen LogP contribution in [0, 0.1) is 11.3 Å². The first-order valence-corrected chi connectivity index (χ1v) is 6.04. The van der Waals surface area contributed by atoms with Gasteiger partial charge in [-0.1, -0.05) is 11.6 Å². The SMILES string of the molecule is COCCNc1nc(Cl)c(C#N)c(NCCOC)n1. The number of hydrogen-bond donors (Lipinski definition) is 2. The molecule has 0 aromatic carbocycles. The summed E-state index contributed by atoms with van der Waals surface area (Å²) < 4.78 is 9.84. The molecule has 0 aliphatic rings. The third-order valence-electron chi connectivity index (χ3n) is 2.16. The fourth-order valence-corrected chi connectivity index (χ4v) is 1.49. The molecule has 8 heteroatoms. The van der Waals surface area contributed by atoms with Gasteiger partial charge in [-0.25, -0.2) is 0 Å². The number of aromatic nitrogens is 2. The molecule has 0 amide bonds. The molecule has 0 aliphatic heterocycles. The van der Waals surface area contributed by atoms with Gasteiger partial charge in [0.25, 0.3) is 0 Å². The molecule has 2 N–H and O–H groups in total. The largest absolute Gasteiger partial charge is 0.383 e. The van der Waals surface area contributed by atoms with Crippen LogP contribution in [0.5, 0.6) is 0 Å². The summed E-state index contributed by atoms with van der Waals surface area (Å²) in [6.07, 6.45) is 0. The van der Waals surface area contributed by atoms with Crippen LogP contribution in [0.2, 0.25) is 5.15 Å². The number of nitriles is 1. The van der Waals surface area contributed by atoms with Crippen LogP contribution in [-0.4, -0.2) is 50.5 Å². The van der Waals surface area contributed by atoms with Gasteiger partial charge in [-0.2, -0.15) is 15.2 Å². The molecule has 1 heterocycles. The van der Waals surface area contributed by atoms with E-state index in [-0.39, 0.29) is 10.7 Å². The van der Waals surface area contributed by atoms with E-state index in [1.54, 1.807) is 14.2 Å². The summed E-state index contributed by atoms with van der Waals surface area (Å²) >= 11 is 5.94. The molecule has 0 bridgehead atoms. The summed E-state index contributed by atoms with van der Waals surface area (Å²) in [6.45, 7) is 2.10. The van der Waals surface area contributed by atoms with E-state index >= 15 is 0 Å². The number of nitrogens with one attached hydrogen (secondary N) is 2. The highest BCUT2D eigenvalue weighted by Crippen LogP contribution is 2.21. The van der Waals surface area contributed by atoms with Gasteiger partial charge in [0, 0.05) is 27.3 Å². The Hall–Kier alpha value is -1.62. The normalized spacial score (nSPS) is 10.0. The van der Waals surface area contributed by atoms with Crippen molar-refractivity contribution in [3.05, 3.63) is 10.7 Å². The zero-order valence-corrected chi connectivity index (χ0v) is 11.6. The first-order valence-electron chi connectivity index (χ1n) is 5.66. The van der Waals surface area contributed by atoms with E-state index in [1.165, 1.54) is 0 Å². The molecule has 0 aliphatic carbocycles. The molecule has 7 nitrogen and oxygen atoms in total. The molecule has 0 saturated carbocycles. The van der Waals surface area contributed by atoms with Crippen LogP contribution in [0.4, 0.5) is 11.8 Å².